The third kappa shape index (κ3) is 3.95. The number of rotatable bonds is 4. The van der Waals surface area contributed by atoms with E-state index in [4.69, 9.17) is 4.74 Å². The second kappa shape index (κ2) is 7.08. The van der Waals surface area contributed by atoms with E-state index >= 15 is 0 Å². The van der Waals surface area contributed by atoms with Crippen molar-refractivity contribution in [3.8, 4) is 0 Å². The highest BCUT2D eigenvalue weighted by atomic mass is 16.5. The molecule has 6 heteroatoms. The highest BCUT2D eigenvalue weighted by Crippen LogP contribution is 2.19. The largest absolute Gasteiger partial charge is 0.450 e. The van der Waals surface area contributed by atoms with E-state index in [0.29, 0.717) is 25.1 Å². The summed E-state index contributed by atoms with van der Waals surface area (Å²) >= 11 is 0. The number of ether oxygens (including phenoxy) is 1. The van der Waals surface area contributed by atoms with Gasteiger partial charge < -0.3 is 20.1 Å². The molecule has 0 aromatic heterocycles. The molecule has 1 fully saturated rings. The number of likely N-dealkylation sites (tertiary alicyclic amines) is 1. The maximum atomic E-state index is 12.6. The number of benzene rings is 1. The van der Waals surface area contributed by atoms with Crippen LogP contribution in [-0.2, 0) is 9.53 Å². The summed E-state index contributed by atoms with van der Waals surface area (Å²) in [5.74, 6) is -0.231. The van der Waals surface area contributed by atoms with Gasteiger partial charge in [0.2, 0.25) is 5.91 Å². The van der Waals surface area contributed by atoms with Crippen LogP contribution in [0.4, 0.5) is 4.79 Å². The zero-order valence-electron chi connectivity index (χ0n) is 12.0. The van der Waals surface area contributed by atoms with Crippen molar-refractivity contribution in [3.63, 3.8) is 0 Å². The maximum Gasteiger partial charge on any atom is 0.408 e. The zero-order chi connectivity index (χ0) is 15.2. The number of hydrogen-bond acceptors (Lipinski definition) is 4. The van der Waals surface area contributed by atoms with Crippen LogP contribution in [0.2, 0.25) is 0 Å². The van der Waals surface area contributed by atoms with Gasteiger partial charge in [-0.25, -0.2) is 4.79 Å². The molecule has 2 N–H and O–H groups in total. The highest BCUT2D eigenvalue weighted by molar-refractivity contribution is 5.87. The van der Waals surface area contributed by atoms with E-state index < -0.39 is 18.2 Å². The lowest BCUT2D eigenvalue weighted by atomic mass is 10.1. The van der Waals surface area contributed by atoms with Gasteiger partial charge in [0, 0.05) is 13.1 Å². The zero-order valence-corrected chi connectivity index (χ0v) is 12.0. The second-order valence-electron chi connectivity index (χ2n) is 4.94. The van der Waals surface area contributed by atoms with Gasteiger partial charge in [0.1, 0.15) is 6.04 Å². The Balaban J connectivity index is 2.15. The monoisotopic (exact) mass is 292 g/mol. The van der Waals surface area contributed by atoms with E-state index in [0.717, 1.165) is 0 Å². The third-order valence-corrected chi connectivity index (χ3v) is 3.39. The van der Waals surface area contributed by atoms with Crippen molar-refractivity contribution in [3.05, 3.63) is 35.9 Å². The SMILES string of the molecule is CCOC(=O)NC(C(=O)N1CCC(O)C1)c1ccccc1. The van der Waals surface area contributed by atoms with Crippen molar-refractivity contribution in [2.75, 3.05) is 19.7 Å². The van der Waals surface area contributed by atoms with Gasteiger partial charge in [0.15, 0.2) is 0 Å². The summed E-state index contributed by atoms with van der Waals surface area (Å²) in [6.07, 6.45) is -0.556. The standard InChI is InChI=1S/C15H20N2O4/c1-2-21-15(20)16-13(11-6-4-3-5-7-11)14(19)17-9-8-12(18)10-17/h3-7,12-13,18H,2,8-10H2,1H3,(H,16,20). The molecule has 0 aliphatic carbocycles. The van der Waals surface area contributed by atoms with Crippen molar-refractivity contribution in [2.24, 2.45) is 0 Å². The Morgan fingerprint density at radius 2 is 2.14 bits per heavy atom. The van der Waals surface area contributed by atoms with E-state index in [-0.39, 0.29) is 12.5 Å². The highest BCUT2D eigenvalue weighted by Gasteiger charge is 2.32. The van der Waals surface area contributed by atoms with Gasteiger partial charge >= 0.3 is 6.09 Å². The molecule has 2 amide bonds. The first-order valence-corrected chi connectivity index (χ1v) is 7.07. The molecule has 0 saturated carbocycles. The molecule has 1 saturated heterocycles. The predicted octanol–water partition coefficient (Wildman–Crippen LogP) is 1.07. The number of hydrogen-bond donors (Lipinski definition) is 2. The Kier molecular flexibility index (Phi) is 5.16. The smallest absolute Gasteiger partial charge is 0.408 e. The predicted molar refractivity (Wildman–Crippen MR) is 76.5 cm³/mol. The number of amides is 2. The Labute approximate surface area is 123 Å². The summed E-state index contributed by atoms with van der Waals surface area (Å²) in [6, 6.07) is 8.22. The molecular formula is C15H20N2O4. The maximum absolute atomic E-state index is 12.6. The lowest BCUT2D eigenvalue weighted by Gasteiger charge is -2.24. The number of carbonyl (C=O) groups excluding carboxylic acids is 2. The van der Waals surface area contributed by atoms with E-state index in [1.54, 1.807) is 36.1 Å². The molecule has 6 nitrogen and oxygen atoms in total. The Morgan fingerprint density at radius 1 is 1.43 bits per heavy atom. The summed E-state index contributed by atoms with van der Waals surface area (Å²) in [4.78, 5) is 25.8. The first kappa shape index (κ1) is 15.3. The molecule has 2 atom stereocenters. The van der Waals surface area contributed by atoms with Crippen molar-refractivity contribution >= 4 is 12.0 Å². The van der Waals surface area contributed by atoms with Gasteiger partial charge in [0.25, 0.3) is 0 Å². The second-order valence-corrected chi connectivity index (χ2v) is 4.94. The van der Waals surface area contributed by atoms with Gasteiger partial charge in [-0.3, -0.25) is 4.79 Å². The molecule has 0 radical (unpaired) electrons. The van der Waals surface area contributed by atoms with E-state index in [1.165, 1.54) is 0 Å². The fourth-order valence-corrected chi connectivity index (χ4v) is 2.35. The Hall–Kier alpha value is -2.08. The number of nitrogens with one attached hydrogen (secondary N) is 1. The van der Waals surface area contributed by atoms with E-state index in [2.05, 4.69) is 5.32 Å². The lowest BCUT2D eigenvalue weighted by molar-refractivity contribution is -0.132. The van der Waals surface area contributed by atoms with Gasteiger partial charge in [-0.1, -0.05) is 30.3 Å². The lowest BCUT2D eigenvalue weighted by Crippen LogP contribution is -2.42. The third-order valence-electron chi connectivity index (χ3n) is 3.39. The molecule has 2 unspecified atom stereocenters. The van der Waals surface area contributed by atoms with Gasteiger partial charge in [-0.15, -0.1) is 0 Å². The summed E-state index contributed by atoms with van der Waals surface area (Å²) in [5, 5.41) is 12.2. The molecule has 1 aromatic rings. The number of aliphatic hydroxyl groups is 1. The van der Waals surface area contributed by atoms with Crippen LogP contribution in [0.3, 0.4) is 0 Å². The fraction of sp³-hybridized carbons (Fsp3) is 0.467. The van der Waals surface area contributed by atoms with Crippen LogP contribution in [0.15, 0.2) is 30.3 Å². The minimum absolute atomic E-state index is 0.231. The number of aliphatic hydroxyl groups excluding tert-OH is 1. The summed E-state index contributed by atoms with van der Waals surface area (Å²) in [5.41, 5.74) is 0.692. The molecule has 1 aliphatic rings. The molecule has 2 rings (SSSR count). The molecule has 1 aliphatic heterocycles. The van der Waals surface area contributed by atoms with E-state index in [9.17, 15) is 14.7 Å². The molecule has 1 aromatic carbocycles. The Morgan fingerprint density at radius 3 is 2.71 bits per heavy atom. The summed E-state index contributed by atoms with van der Waals surface area (Å²) in [6.45, 7) is 2.74. The van der Waals surface area contributed by atoms with Gasteiger partial charge in [-0.2, -0.15) is 0 Å². The van der Waals surface area contributed by atoms with Crippen LogP contribution in [0.25, 0.3) is 0 Å². The topological polar surface area (TPSA) is 78.9 Å². The summed E-state index contributed by atoms with van der Waals surface area (Å²) < 4.78 is 4.86. The average Bonchev–Trinajstić information content (AvgIpc) is 2.92. The van der Waals surface area contributed by atoms with Crippen molar-refractivity contribution in [1.82, 2.24) is 10.2 Å². The molecular weight excluding hydrogens is 272 g/mol. The van der Waals surface area contributed by atoms with Crippen LogP contribution < -0.4 is 5.32 Å². The molecule has 114 valence electrons. The minimum atomic E-state index is -0.796. The van der Waals surface area contributed by atoms with Crippen molar-refractivity contribution in [2.45, 2.75) is 25.5 Å². The summed E-state index contributed by atoms with van der Waals surface area (Å²) in [7, 11) is 0. The first-order chi connectivity index (χ1) is 10.1. The average molecular weight is 292 g/mol. The van der Waals surface area contributed by atoms with E-state index in [1.807, 2.05) is 6.07 Å². The van der Waals surface area contributed by atoms with Crippen LogP contribution in [0.1, 0.15) is 24.9 Å². The van der Waals surface area contributed by atoms with Crippen molar-refractivity contribution < 1.29 is 19.4 Å². The molecule has 21 heavy (non-hydrogen) atoms. The number of β-amino-alcohol motifs (C(OH)–C–C–N with tert-alkyl or cyclic N) is 1. The number of alkyl carbamates (subject to hydrolysis) is 1. The van der Waals surface area contributed by atoms with Crippen LogP contribution in [-0.4, -0.2) is 47.8 Å². The number of carbonyl (C=O) groups is 2. The Bertz CT molecular complexity index is 492. The van der Waals surface area contributed by atoms with Gasteiger partial charge in [-0.05, 0) is 18.9 Å². The number of nitrogens with zero attached hydrogens (tertiary/aromatic N) is 1. The van der Waals surface area contributed by atoms with Crippen LogP contribution in [0.5, 0.6) is 0 Å². The first-order valence-electron chi connectivity index (χ1n) is 7.07. The molecule has 1 heterocycles. The minimum Gasteiger partial charge on any atom is -0.450 e. The van der Waals surface area contributed by atoms with Crippen molar-refractivity contribution in [1.29, 1.82) is 0 Å². The fourth-order valence-electron chi connectivity index (χ4n) is 2.35. The normalized spacial score (nSPS) is 19.1. The molecule has 0 bridgehead atoms. The quantitative estimate of drug-likeness (QED) is 0.870. The molecule has 0 spiro atoms. The van der Waals surface area contributed by atoms with Crippen LogP contribution >= 0.6 is 0 Å². The van der Waals surface area contributed by atoms with Gasteiger partial charge in [0.05, 0.1) is 12.7 Å². The van der Waals surface area contributed by atoms with Crippen LogP contribution in [0, 0.1) is 0 Å².